The first-order valence-electron chi connectivity index (χ1n) is 18.3. The molecule has 0 saturated carbocycles. The fraction of sp³-hybridized carbons (Fsp3) is 0. The lowest BCUT2D eigenvalue weighted by Crippen LogP contribution is -2.07. The highest BCUT2D eigenvalue weighted by Gasteiger charge is 2.30. The lowest BCUT2D eigenvalue weighted by atomic mass is 9.79. The predicted octanol–water partition coefficient (Wildman–Crippen LogP) is 13.3. The Balaban J connectivity index is 1.44. The van der Waals surface area contributed by atoms with Crippen LogP contribution < -0.4 is 0 Å². The minimum Gasteiger partial charge on any atom is -0.317 e. The van der Waals surface area contributed by atoms with E-state index in [1.165, 1.54) is 10.9 Å². The second kappa shape index (κ2) is 13.0. The SMILES string of the molecule is N#Cc1c(-c2ccccc2)c(-c2ccccc2)c(-n2c3ccccc3c3cc(-n4ccc5ccccc54)ccc32)c(-c2ccccc2)c1-c1ccccc1. The molecule has 2 heterocycles. The number of benzene rings is 8. The Hall–Kier alpha value is -7.41. The molecular weight excluding hydrogens is 655 g/mol. The zero-order chi connectivity index (χ0) is 36.0. The maximum absolute atomic E-state index is 11.4. The Bertz CT molecular complexity index is 2920. The van der Waals surface area contributed by atoms with Crippen LogP contribution in [0.2, 0.25) is 0 Å². The normalized spacial score (nSPS) is 11.3. The Labute approximate surface area is 313 Å². The number of nitriles is 1. The molecule has 0 aliphatic rings. The standard InChI is InChI=1S/C51H33N3/c52-34-43-47(36-18-5-1-6-19-36)49(38-22-9-3-10-23-38)51(50(39-24-11-4-12-25-39)48(43)37-20-7-2-8-21-37)54-45-28-16-14-26-41(45)42-33-40(29-30-46(42)54)53-32-31-35-17-13-15-27-44(35)53/h1-33H. The number of fused-ring (bicyclic) bond motifs is 4. The molecule has 10 aromatic rings. The minimum atomic E-state index is 0.649. The van der Waals surface area contributed by atoms with Gasteiger partial charge in [0.1, 0.15) is 6.07 Å². The number of hydrogen-bond acceptors (Lipinski definition) is 1. The lowest BCUT2D eigenvalue weighted by molar-refractivity contribution is 1.13. The molecule has 0 bridgehead atoms. The molecule has 0 aliphatic carbocycles. The van der Waals surface area contributed by atoms with Gasteiger partial charge in [-0.25, -0.2) is 0 Å². The molecule has 252 valence electrons. The lowest BCUT2D eigenvalue weighted by Gasteiger charge is -2.27. The monoisotopic (exact) mass is 687 g/mol. The molecule has 8 aromatic carbocycles. The second-order valence-electron chi connectivity index (χ2n) is 13.6. The molecule has 3 heteroatoms. The van der Waals surface area contributed by atoms with E-state index in [4.69, 9.17) is 0 Å². The largest absolute Gasteiger partial charge is 0.317 e. The Kier molecular flexibility index (Phi) is 7.53. The summed E-state index contributed by atoms with van der Waals surface area (Å²) < 4.78 is 4.72. The zero-order valence-corrected chi connectivity index (χ0v) is 29.4. The summed E-state index contributed by atoms with van der Waals surface area (Å²) in [6.07, 6.45) is 2.16. The summed E-state index contributed by atoms with van der Waals surface area (Å²) in [5, 5.41) is 14.9. The maximum Gasteiger partial charge on any atom is 0.100 e. The highest BCUT2D eigenvalue weighted by atomic mass is 15.0. The Morgan fingerprint density at radius 2 is 0.852 bits per heavy atom. The van der Waals surface area contributed by atoms with Crippen LogP contribution in [0.4, 0.5) is 0 Å². The molecule has 0 saturated heterocycles. The van der Waals surface area contributed by atoms with Crippen molar-refractivity contribution < 1.29 is 0 Å². The van der Waals surface area contributed by atoms with E-state index in [2.05, 4.69) is 203 Å². The van der Waals surface area contributed by atoms with Crippen molar-refractivity contribution >= 4 is 32.7 Å². The summed E-state index contributed by atoms with van der Waals surface area (Å²) in [5.74, 6) is 0. The van der Waals surface area contributed by atoms with Crippen molar-refractivity contribution in [2.45, 2.75) is 0 Å². The predicted molar refractivity (Wildman–Crippen MR) is 224 cm³/mol. The summed E-state index contributed by atoms with van der Waals surface area (Å²) in [6.45, 7) is 0. The van der Waals surface area contributed by atoms with Crippen molar-refractivity contribution in [3.63, 3.8) is 0 Å². The fourth-order valence-corrected chi connectivity index (χ4v) is 8.29. The van der Waals surface area contributed by atoms with E-state index in [9.17, 15) is 5.26 Å². The van der Waals surface area contributed by atoms with Gasteiger partial charge in [0, 0.05) is 44.9 Å². The van der Waals surface area contributed by atoms with Gasteiger partial charge in [0.2, 0.25) is 0 Å². The smallest absolute Gasteiger partial charge is 0.100 e. The van der Waals surface area contributed by atoms with Crippen LogP contribution in [0.1, 0.15) is 5.56 Å². The topological polar surface area (TPSA) is 33.6 Å². The number of hydrogen-bond donors (Lipinski definition) is 0. The van der Waals surface area contributed by atoms with E-state index < -0.39 is 0 Å². The molecule has 0 unspecified atom stereocenters. The van der Waals surface area contributed by atoms with E-state index in [1.54, 1.807) is 0 Å². The Morgan fingerprint density at radius 1 is 0.389 bits per heavy atom. The molecule has 0 N–H and O–H groups in total. The van der Waals surface area contributed by atoms with Gasteiger partial charge in [0.25, 0.3) is 0 Å². The average Bonchev–Trinajstić information content (AvgIpc) is 3.83. The molecule has 0 radical (unpaired) electrons. The molecule has 0 aliphatic heterocycles. The fourth-order valence-electron chi connectivity index (χ4n) is 8.29. The average molecular weight is 688 g/mol. The molecule has 0 fully saturated rings. The molecule has 54 heavy (non-hydrogen) atoms. The van der Waals surface area contributed by atoms with Crippen LogP contribution in [0.3, 0.4) is 0 Å². The van der Waals surface area contributed by atoms with Gasteiger partial charge in [-0.1, -0.05) is 158 Å². The van der Waals surface area contributed by atoms with Crippen LogP contribution >= 0.6 is 0 Å². The molecule has 2 aromatic heterocycles. The van der Waals surface area contributed by atoms with Gasteiger partial charge in [-0.15, -0.1) is 0 Å². The first kappa shape index (κ1) is 31.3. The second-order valence-corrected chi connectivity index (χ2v) is 13.6. The van der Waals surface area contributed by atoms with Crippen LogP contribution in [0, 0.1) is 11.3 Å². The summed E-state index contributed by atoms with van der Waals surface area (Å²) >= 11 is 0. The third kappa shape index (κ3) is 4.97. The highest BCUT2D eigenvalue weighted by molar-refractivity contribution is 6.14. The van der Waals surface area contributed by atoms with Gasteiger partial charge in [-0.05, 0) is 64.0 Å². The van der Waals surface area contributed by atoms with E-state index in [0.717, 1.165) is 77.7 Å². The van der Waals surface area contributed by atoms with E-state index in [-0.39, 0.29) is 0 Å². The summed E-state index contributed by atoms with van der Waals surface area (Å²) in [5.41, 5.74) is 14.1. The molecule has 0 atom stereocenters. The van der Waals surface area contributed by atoms with Crippen LogP contribution in [-0.2, 0) is 0 Å². The van der Waals surface area contributed by atoms with Gasteiger partial charge in [-0.2, -0.15) is 5.26 Å². The van der Waals surface area contributed by atoms with Crippen LogP contribution in [-0.4, -0.2) is 9.13 Å². The van der Waals surface area contributed by atoms with Gasteiger partial charge < -0.3 is 9.13 Å². The van der Waals surface area contributed by atoms with Crippen molar-refractivity contribution in [3.8, 4) is 62.0 Å². The molecule has 0 amide bonds. The summed E-state index contributed by atoms with van der Waals surface area (Å²) in [7, 11) is 0. The quantitative estimate of drug-likeness (QED) is 0.171. The van der Waals surface area contributed by atoms with Crippen LogP contribution in [0.5, 0.6) is 0 Å². The first-order valence-corrected chi connectivity index (χ1v) is 18.3. The Morgan fingerprint density at radius 3 is 1.41 bits per heavy atom. The number of para-hydroxylation sites is 2. The first-order chi connectivity index (χ1) is 26.8. The molecular formula is C51H33N3. The third-order valence-electron chi connectivity index (χ3n) is 10.6. The highest BCUT2D eigenvalue weighted by Crippen LogP contribution is 2.52. The van der Waals surface area contributed by atoms with Crippen molar-refractivity contribution in [1.82, 2.24) is 9.13 Å². The summed E-state index contributed by atoms with van der Waals surface area (Å²) in [6, 6.07) is 71.0. The van der Waals surface area contributed by atoms with Gasteiger partial charge >= 0.3 is 0 Å². The maximum atomic E-state index is 11.4. The van der Waals surface area contributed by atoms with E-state index >= 15 is 0 Å². The van der Waals surface area contributed by atoms with Crippen molar-refractivity contribution in [2.75, 3.05) is 0 Å². The summed E-state index contributed by atoms with van der Waals surface area (Å²) in [4.78, 5) is 0. The van der Waals surface area contributed by atoms with E-state index in [0.29, 0.717) is 5.56 Å². The minimum absolute atomic E-state index is 0.649. The number of aromatic nitrogens is 2. The van der Waals surface area contributed by atoms with Crippen LogP contribution in [0.15, 0.2) is 200 Å². The van der Waals surface area contributed by atoms with Gasteiger partial charge in [-0.3, -0.25) is 0 Å². The van der Waals surface area contributed by atoms with E-state index in [1.807, 2.05) is 12.1 Å². The molecule has 10 rings (SSSR count). The van der Waals surface area contributed by atoms with Crippen molar-refractivity contribution in [3.05, 3.63) is 206 Å². The van der Waals surface area contributed by atoms with Gasteiger partial charge in [0.15, 0.2) is 0 Å². The van der Waals surface area contributed by atoms with Crippen LogP contribution in [0.25, 0.3) is 88.6 Å². The molecule has 0 spiro atoms. The third-order valence-corrected chi connectivity index (χ3v) is 10.6. The van der Waals surface area contributed by atoms with Crippen molar-refractivity contribution in [1.29, 1.82) is 5.26 Å². The van der Waals surface area contributed by atoms with Gasteiger partial charge in [0.05, 0.1) is 27.8 Å². The van der Waals surface area contributed by atoms with Crippen molar-refractivity contribution in [2.24, 2.45) is 0 Å². The number of nitrogens with zero attached hydrogens (tertiary/aromatic N) is 3. The zero-order valence-electron chi connectivity index (χ0n) is 29.4. The number of rotatable bonds is 6. The molecule has 3 nitrogen and oxygen atoms in total.